The summed E-state index contributed by atoms with van der Waals surface area (Å²) in [6, 6.07) is 12.0. The SMILES string of the molecule is CCNC(=O)NC(=O)CO/N=C\c1ccc(OCc2ccc(Cl)cc2)c(OC)c1. The molecule has 0 spiro atoms. The lowest BCUT2D eigenvalue weighted by atomic mass is 10.2. The monoisotopic (exact) mass is 419 g/mol. The summed E-state index contributed by atoms with van der Waals surface area (Å²) in [6.45, 7) is 2.14. The normalized spacial score (nSPS) is 10.4. The highest BCUT2D eigenvalue weighted by molar-refractivity contribution is 6.30. The Bertz CT molecular complexity index is 856. The molecule has 0 unspecified atom stereocenters. The van der Waals surface area contributed by atoms with Gasteiger partial charge < -0.3 is 19.6 Å². The highest BCUT2D eigenvalue weighted by atomic mass is 35.5. The molecule has 0 saturated carbocycles. The van der Waals surface area contributed by atoms with Crippen LogP contribution in [0.2, 0.25) is 5.02 Å². The van der Waals surface area contributed by atoms with Crippen molar-refractivity contribution in [3.05, 3.63) is 58.6 Å². The fraction of sp³-hybridized carbons (Fsp3) is 0.250. The zero-order valence-corrected chi connectivity index (χ0v) is 16.9. The van der Waals surface area contributed by atoms with Gasteiger partial charge in [-0.25, -0.2) is 4.79 Å². The predicted octanol–water partition coefficient (Wildman–Crippen LogP) is 3.12. The number of carbonyl (C=O) groups excluding carboxylic acids is 2. The van der Waals surface area contributed by atoms with Gasteiger partial charge in [-0.05, 0) is 42.8 Å². The number of nitrogens with one attached hydrogen (secondary N) is 2. The van der Waals surface area contributed by atoms with Crippen LogP contribution in [0.15, 0.2) is 47.6 Å². The molecule has 3 amide bonds. The van der Waals surface area contributed by atoms with Crippen LogP contribution >= 0.6 is 11.6 Å². The number of oxime groups is 1. The van der Waals surface area contributed by atoms with Crippen molar-refractivity contribution in [2.45, 2.75) is 13.5 Å². The summed E-state index contributed by atoms with van der Waals surface area (Å²) in [5.74, 6) is 0.496. The van der Waals surface area contributed by atoms with Gasteiger partial charge in [-0.15, -0.1) is 0 Å². The van der Waals surface area contributed by atoms with Crippen LogP contribution in [0.25, 0.3) is 0 Å². The van der Waals surface area contributed by atoms with Gasteiger partial charge in [-0.1, -0.05) is 28.9 Å². The minimum atomic E-state index is -0.600. The molecule has 0 aromatic heterocycles. The molecule has 0 aliphatic carbocycles. The van der Waals surface area contributed by atoms with Crippen LogP contribution in [-0.4, -0.2) is 38.4 Å². The zero-order chi connectivity index (χ0) is 21.1. The van der Waals surface area contributed by atoms with E-state index in [1.807, 2.05) is 12.1 Å². The van der Waals surface area contributed by atoms with E-state index in [0.717, 1.165) is 5.56 Å². The first kappa shape index (κ1) is 22.0. The standard InChI is InChI=1S/C20H22ClN3O5/c1-3-22-20(26)24-19(25)13-29-23-11-15-6-9-17(18(10-15)27-2)28-12-14-4-7-16(21)8-5-14/h4-11H,3,12-13H2,1-2H3,(H2,22,24,25,26)/b23-11-. The van der Waals surface area contributed by atoms with Gasteiger partial charge in [-0.3, -0.25) is 10.1 Å². The average molecular weight is 420 g/mol. The number of halogens is 1. The fourth-order valence-corrected chi connectivity index (χ4v) is 2.31. The fourth-order valence-electron chi connectivity index (χ4n) is 2.19. The highest BCUT2D eigenvalue weighted by Gasteiger charge is 2.07. The summed E-state index contributed by atoms with van der Waals surface area (Å²) in [4.78, 5) is 27.6. The Morgan fingerprint density at radius 2 is 1.90 bits per heavy atom. The summed E-state index contributed by atoms with van der Waals surface area (Å²) < 4.78 is 11.1. The van der Waals surface area contributed by atoms with Crippen molar-refractivity contribution in [1.29, 1.82) is 0 Å². The largest absolute Gasteiger partial charge is 0.493 e. The van der Waals surface area contributed by atoms with Crippen molar-refractivity contribution in [3.8, 4) is 11.5 Å². The van der Waals surface area contributed by atoms with E-state index in [0.29, 0.717) is 35.2 Å². The predicted molar refractivity (Wildman–Crippen MR) is 110 cm³/mol. The smallest absolute Gasteiger partial charge is 0.321 e. The van der Waals surface area contributed by atoms with Gasteiger partial charge in [0.05, 0.1) is 13.3 Å². The van der Waals surface area contributed by atoms with E-state index in [9.17, 15) is 9.59 Å². The molecule has 0 radical (unpaired) electrons. The van der Waals surface area contributed by atoms with E-state index < -0.39 is 11.9 Å². The number of hydrogen-bond acceptors (Lipinski definition) is 6. The zero-order valence-electron chi connectivity index (χ0n) is 16.1. The van der Waals surface area contributed by atoms with Crippen LogP contribution in [0.4, 0.5) is 4.79 Å². The number of urea groups is 1. The van der Waals surface area contributed by atoms with E-state index >= 15 is 0 Å². The summed E-state index contributed by atoms with van der Waals surface area (Å²) in [5, 5.41) is 8.92. The van der Waals surface area contributed by atoms with Gasteiger partial charge in [-0.2, -0.15) is 0 Å². The summed E-state index contributed by atoms with van der Waals surface area (Å²) >= 11 is 5.87. The van der Waals surface area contributed by atoms with Crippen LogP contribution in [0.3, 0.4) is 0 Å². The van der Waals surface area contributed by atoms with Crippen molar-refractivity contribution in [1.82, 2.24) is 10.6 Å². The molecule has 29 heavy (non-hydrogen) atoms. The molecule has 9 heteroatoms. The number of amides is 3. The number of carbonyl (C=O) groups is 2. The van der Waals surface area contributed by atoms with Crippen LogP contribution in [0.1, 0.15) is 18.1 Å². The molecule has 0 heterocycles. The van der Waals surface area contributed by atoms with Gasteiger partial charge >= 0.3 is 6.03 Å². The number of ether oxygens (including phenoxy) is 2. The van der Waals surface area contributed by atoms with E-state index in [1.54, 1.807) is 37.3 Å². The third-order valence-corrected chi connectivity index (χ3v) is 3.81. The number of imide groups is 1. The van der Waals surface area contributed by atoms with Crippen molar-refractivity contribution >= 4 is 29.8 Å². The first-order chi connectivity index (χ1) is 14.0. The van der Waals surface area contributed by atoms with Crippen LogP contribution in [-0.2, 0) is 16.2 Å². The minimum Gasteiger partial charge on any atom is -0.493 e. The van der Waals surface area contributed by atoms with Gasteiger partial charge in [0, 0.05) is 17.1 Å². The number of hydrogen-bond donors (Lipinski definition) is 2. The lowest BCUT2D eigenvalue weighted by molar-refractivity contribution is -0.124. The maximum atomic E-state index is 11.5. The summed E-state index contributed by atoms with van der Waals surface area (Å²) in [7, 11) is 1.54. The third-order valence-electron chi connectivity index (χ3n) is 3.56. The molecule has 0 bridgehead atoms. The van der Waals surface area contributed by atoms with Crippen LogP contribution < -0.4 is 20.1 Å². The number of methoxy groups -OCH3 is 1. The second kappa shape index (κ2) is 11.6. The topological polar surface area (TPSA) is 98.3 Å². The lowest BCUT2D eigenvalue weighted by Crippen LogP contribution is -2.40. The molecule has 2 N–H and O–H groups in total. The maximum absolute atomic E-state index is 11.5. The van der Waals surface area contributed by atoms with Crippen molar-refractivity contribution in [2.75, 3.05) is 20.3 Å². The molecule has 0 saturated heterocycles. The molecule has 2 rings (SSSR count). The molecule has 0 fully saturated rings. The Morgan fingerprint density at radius 1 is 1.14 bits per heavy atom. The maximum Gasteiger partial charge on any atom is 0.321 e. The molecule has 154 valence electrons. The van der Waals surface area contributed by atoms with E-state index in [-0.39, 0.29) is 6.61 Å². The molecule has 2 aromatic rings. The number of rotatable bonds is 9. The molecule has 0 aliphatic heterocycles. The van der Waals surface area contributed by atoms with Gasteiger partial charge in [0.25, 0.3) is 5.91 Å². The van der Waals surface area contributed by atoms with Gasteiger partial charge in [0.2, 0.25) is 0 Å². The summed E-state index contributed by atoms with van der Waals surface area (Å²) in [6.07, 6.45) is 1.42. The van der Waals surface area contributed by atoms with Crippen molar-refractivity contribution in [3.63, 3.8) is 0 Å². The van der Waals surface area contributed by atoms with E-state index in [1.165, 1.54) is 13.3 Å². The highest BCUT2D eigenvalue weighted by Crippen LogP contribution is 2.28. The van der Waals surface area contributed by atoms with E-state index in [4.69, 9.17) is 25.9 Å². The Labute approximate surface area is 173 Å². The van der Waals surface area contributed by atoms with Gasteiger partial charge in [0.1, 0.15) is 6.61 Å². The molecular weight excluding hydrogens is 398 g/mol. The van der Waals surface area contributed by atoms with E-state index in [2.05, 4.69) is 15.8 Å². The number of nitrogens with zero attached hydrogens (tertiary/aromatic N) is 1. The molecule has 2 aromatic carbocycles. The van der Waals surface area contributed by atoms with Crippen molar-refractivity contribution in [2.24, 2.45) is 5.16 Å². The second-order valence-corrected chi connectivity index (χ2v) is 6.18. The third kappa shape index (κ3) is 7.71. The van der Waals surface area contributed by atoms with Crippen LogP contribution in [0.5, 0.6) is 11.5 Å². The molecule has 0 aliphatic rings. The van der Waals surface area contributed by atoms with Crippen molar-refractivity contribution < 1.29 is 23.9 Å². The second-order valence-electron chi connectivity index (χ2n) is 5.74. The van der Waals surface area contributed by atoms with Crippen LogP contribution in [0, 0.1) is 0 Å². The molecule has 0 atom stereocenters. The Morgan fingerprint density at radius 3 is 2.59 bits per heavy atom. The first-order valence-electron chi connectivity index (χ1n) is 8.80. The minimum absolute atomic E-state index is 0.366. The Balaban J connectivity index is 1.87. The van der Waals surface area contributed by atoms with Gasteiger partial charge in [0.15, 0.2) is 18.1 Å². The first-order valence-corrected chi connectivity index (χ1v) is 9.18. The Hall–Kier alpha value is -3.26. The quantitative estimate of drug-likeness (QED) is 0.480. The number of benzene rings is 2. The lowest BCUT2D eigenvalue weighted by Gasteiger charge is -2.11. The molecular formula is C20H22ClN3O5. The Kier molecular flexibility index (Phi) is 8.78. The summed E-state index contributed by atoms with van der Waals surface area (Å²) in [5.41, 5.74) is 1.66. The molecule has 8 nitrogen and oxygen atoms in total. The average Bonchev–Trinajstić information content (AvgIpc) is 2.71.